The number of aliphatic hydroxyl groups is 1. The molecule has 20 heavy (non-hydrogen) atoms. The summed E-state index contributed by atoms with van der Waals surface area (Å²) in [5.41, 5.74) is -0.0412. The number of nitrogens with zero attached hydrogens (tertiary/aromatic N) is 1. The van der Waals surface area contributed by atoms with Crippen molar-refractivity contribution in [2.45, 2.75) is 76.4 Å². The van der Waals surface area contributed by atoms with Crippen LogP contribution in [0.3, 0.4) is 0 Å². The summed E-state index contributed by atoms with van der Waals surface area (Å²) in [4.78, 5) is 2.72. The number of rotatable bonds is 6. The summed E-state index contributed by atoms with van der Waals surface area (Å²) in [5, 5.41) is 13.8. The smallest absolute Gasteiger partial charge is 0.0628 e. The van der Waals surface area contributed by atoms with Gasteiger partial charge in [-0.25, -0.2) is 0 Å². The maximum Gasteiger partial charge on any atom is 0.0628 e. The summed E-state index contributed by atoms with van der Waals surface area (Å²) >= 11 is 0. The highest BCUT2D eigenvalue weighted by atomic mass is 16.3. The molecule has 0 aromatic heterocycles. The van der Waals surface area contributed by atoms with E-state index in [1.165, 1.54) is 51.5 Å². The summed E-state index contributed by atoms with van der Waals surface area (Å²) in [6.07, 6.45) is 9.65. The first-order valence-electron chi connectivity index (χ1n) is 8.77. The molecule has 1 heterocycles. The van der Waals surface area contributed by atoms with E-state index >= 15 is 0 Å². The largest absolute Gasteiger partial charge is 0.394 e. The van der Waals surface area contributed by atoms with Crippen LogP contribution in [-0.2, 0) is 0 Å². The number of hydrogen-bond donors (Lipinski definition) is 2. The highest BCUT2D eigenvalue weighted by Gasteiger charge is 2.48. The first-order valence-corrected chi connectivity index (χ1v) is 8.77. The van der Waals surface area contributed by atoms with E-state index in [1.54, 1.807) is 0 Å². The number of aliphatic hydroxyl groups excluding tert-OH is 1. The van der Waals surface area contributed by atoms with Gasteiger partial charge in [0.25, 0.3) is 0 Å². The van der Waals surface area contributed by atoms with Crippen molar-refractivity contribution in [1.82, 2.24) is 10.2 Å². The van der Waals surface area contributed by atoms with Gasteiger partial charge in [0.05, 0.1) is 12.1 Å². The molecule has 1 aliphatic heterocycles. The summed E-state index contributed by atoms with van der Waals surface area (Å²) in [7, 11) is 0. The Bertz CT molecular complexity index is 329. The standard InChI is InChI=1S/C17H32N2O/c1-13(2)18-17(12-20,15-7-8-15)11-19-10-9-14-5-3-4-6-16(14)19/h13-16,18,20H,3-12H2,1-2H3. The minimum Gasteiger partial charge on any atom is -0.394 e. The molecule has 116 valence electrons. The molecule has 2 N–H and O–H groups in total. The van der Waals surface area contributed by atoms with Gasteiger partial charge in [-0.1, -0.05) is 26.7 Å². The summed E-state index contributed by atoms with van der Waals surface area (Å²) in [6, 6.07) is 1.26. The number of hydrogen-bond acceptors (Lipinski definition) is 3. The van der Waals surface area contributed by atoms with Crippen molar-refractivity contribution in [3.63, 3.8) is 0 Å². The van der Waals surface area contributed by atoms with Crippen LogP contribution in [0.1, 0.15) is 58.8 Å². The zero-order valence-corrected chi connectivity index (χ0v) is 13.3. The third-order valence-corrected chi connectivity index (χ3v) is 5.83. The van der Waals surface area contributed by atoms with Crippen LogP contribution in [0, 0.1) is 11.8 Å². The third kappa shape index (κ3) is 2.90. The van der Waals surface area contributed by atoms with Gasteiger partial charge in [0.2, 0.25) is 0 Å². The van der Waals surface area contributed by atoms with Gasteiger partial charge in [0.15, 0.2) is 0 Å². The molecule has 0 bridgehead atoms. The molecule has 0 aromatic rings. The average molecular weight is 280 g/mol. The van der Waals surface area contributed by atoms with Gasteiger partial charge in [-0.2, -0.15) is 0 Å². The third-order valence-electron chi connectivity index (χ3n) is 5.83. The number of nitrogens with one attached hydrogen (secondary N) is 1. The maximum absolute atomic E-state index is 10.1. The van der Waals surface area contributed by atoms with E-state index in [9.17, 15) is 5.11 Å². The Morgan fingerprint density at radius 3 is 2.55 bits per heavy atom. The minimum absolute atomic E-state index is 0.0412. The van der Waals surface area contributed by atoms with E-state index < -0.39 is 0 Å². The monoisotopic (exact) mass is 280 g/mol. The van der Waals surface area contributed by atoms with Crippen molar-refractivity contribution in [3.05, 3.63) is 0 Å². The molecule has 2 aliphatic carbocycles. The van der Waals surface area contributed by atoms with Crippen LogP contribution in [0.25, 0.3) is 0 Å². The lowest BCUT2D eigenvalue weighted by atomic mass is 9.84. The molecule has 3 atom stereocenters. The van der Waals surface area contributed by atoms with E-state index in [1.807, 2.05) is 0 Å². The highest BCUT2D eigenvalue weighted by molar-refractivity contribution is 5.05. The van der Waals surface area contributed by atoms with Gasteiger partial charge in [-0.05, 0) is 50.5 Å². The molecule has 3 fully saturated rings. The Hall–Kier alpha value is -0.120. The second-order valence-electron chi connectivity index (χ2n) is 7.76. The van der Waals surface area contributed by atoms with E-state index in [-0.39, 0.29) is 5.54 Å². The second-order valence-corrected chi connectivity index (χ2v) is 7.76. The molecule has 0 spiro atoms. The predicted octanol–water partition coefficient (Wildman–Crippen LogP) is 2.39. The average Bonchev–Trinajstić information content (AvgIpc) is 3.22. The fraction of sp³-hybridized carbons (Fsp3) is 1.00. The highest BCUT2D eigenvalue weighted by Crippen LogP contribution is 2.43. The van der Waals surface area contributed by atoms with Crippen LogP contribution >= 0.6 is 0 Å². The van der Waals surface area contributed by atoms with E-state index in [0.717, 1.165) is 18.5 Å². The van der Waals surface area contributed by atoms with Gasteiger partial charge < -0.3 is 10.4 Å². The summed E-state index contributed by atoms with van der Waals surface area (Å²) in [5.74, 6) is 1.64. The Morgan fingerprint density at radius 1 is 1.15 bits per heavy atom. The molecule has 0 radical (unpaired) electrons. The Morgan fingerprint density at radius 2 is 1.90 bits per heavy atom. The Balaban J connectivity index is 1.69. The van der Waals surface area contributed by atoms with E-state index in [0.29, 0.717) is 18.6 Å². The van der Waals surface area contributed by atoms with Gasteiger partial charge in [0, 0.05) is 18.6 Å². The topological polar surface area (TPSA) is 35.5 Å². The minimum atomic E-state index is -0.0412. The molecule has 2 saturated carbocycles. The number of likely N-dealkylation sites (tertiary alicyclic amines) is 1. The van der Waals surface area contributed by atoms with Crippen molar-refractivity contribution in [3.8, 4) is 0 Å². The zero-order valence-electron chi connectivity index (χ0n) is 13.3. The molecule has 3 rings (SSSR count). The van der Waals surface area contributed by atoms with Crippen LogP contribution in [-0.4, -0.2) is 47.3 Å². The van der Waals surface area contributed by atoms with Crippen molar-refractivity contribution < 1.29 is 5.11 Å². The van der Waals surface area contributed by atoms with E-state index in [2.05, 4.69) is 24.1 Å². The van der Waals surface area contributed by atoms with E-state index in [4.69, 9.17) is 0 Å². The number of fused-ring (bicyclic) bond motifs is 1. The van der Waals surface area contributed by atoms with Gasteiger partial charge in [0.1, 0.15) is 0 Å². The SMILES string of the molecule is CC(C)NC(CO)(CN1CCC2CCCCC21)C1CC1. The fourth-order valence-corrected chi connectivity index (χ4v) is 4.79. The van der Waals surface area contributed by atoms with Gasteiger partial charge in [-0.3, -0.25) is 4.90 Å². The van der Waals surface area contributed by atoms with Gasteiger partial charge in [-0.15, -0.1) is 0 Å². The van der Waals surface area contributed by atoms with Crippen molar-refractivity contribution >= 4 is 0 Å². The van der Waals surface area contributed by atoms with Crippen molar-refractivity contribution in [2.24, 2.45) is 11.8 Å². The van der Waals surface area contributed by atoms with Crippen LogP contribution in [0.2, 0.25) is 0 Å². The summed E-state index contributed by atoms with van der Waals surface area (Å²) < 4.78 is 0. The molecule has 0 aromatic carbocycles. The lowest BCUT2D eigenvalue weighted by Gasteiger charge is -2.42. The normalized spacial score (nSPS) is 34.2. The lowest BCUT2D eigenvalue weighted by Crippen LogP contribution is -2.60. The van der Waals surface area contributed by atoms with Crippen LogP contribution in [0.4, 0.5) is 0 Å². The van der Waals surface area contributed by atoms with Crippen molar-refractivity contribution in [1.29, 1.82) is 0 Å². The molecule has 3 unspecified atom stereocenters. The molecular formula is C17H32N2O. The molecule has 0 amide bonds. The molecule has 3 nitrogen and oxygen atoms in total. The fourth-order valence-electron chi connectivity index (χ4n) is 4.79. The molecular weight excluding hydrogens is 248 g/mol. The van der Waals surface area contributed by atoms with Crippen LogP contribution in [0.5, 0.6) is 0 Å². The lowest BCUT2D eigenvalue weighted by molar-refractivity contribution is 0.0669. The first-order chi connectivity index (χ1) is 9.64. The Kier molecular flexibility index (Phi) is 4.40. The zero-order chi connectivity index (χ0) is 14.2. The summed E-state index contributed by atoms with van der Waals surface area (Å²) in [6.45, 7) is 7.03. The second kappa shape index (κ2) is 5.94. The molecule has 3 heteroatoms. The predicted molar refractivity (Wildman–Crippen MR) is 82.7 cm³/mol. The van der Waals surface area contributed by atoms with Crippen LogP contribution < -0.4 is 5.32 Å². The Labute approximate surface area is 124 Å². The maximum atomic E-state index is 10.1. The van der Waals surface area contributed by atoms with Crippen LogP contribution in [0.15, 0.2) is 0 Å². The van der Waals surface area contributed by atoms with Crippen molar-refractivity contribution in [2.75, 3.05) is 19.7 Å². The quantitative estimate of drug-likeness (QED) is 0.784. The molecule has 3 aliphatic rings. The first kappa shape index (κ1) is 14.8. The van der Waals surface area contributed by atoms with Gasteiger partial charge >= 0.3 is 0 Å². The molecule has 1 saturated heterocycles.